The molecule has 7 heteroatoms. The molecule has 0 fully saturated rings. The molecule has 0 radical (unpaired) electrons. The van der Waals surface area contributed by atoms with E-state index in [1.54, 1.807) is 11.6 Å². The zero-order valence-electron chi connectivity index (χ0n) is 13.4. The summed E-state index contributed by atoms with van der Waals surface area (Å²) in [5, 5.41) is 0.194. The van der Waals surface area contributed by atoms with Gasteiger partial charge in [-0.25, -0.2) is 4.79 Å². The average Bonchev–Trinajstić information content (AvgIpc) is 2.84. The second-order valence-electron chi connectivity index (χ2n) is 5.77. The molecule has 0 aliphatic rings. The van der Waals surface area contributed by atoms with E-state index in [2.05, 4.69) is 11.1 Å². The van der Waals surface area contributed by atoms with Gasteiger partial charge in [0, 0.05) is 14.1 Å². The number of fused-ring (bicyclic) bond motifs is 1. The van der Waals surface area contributed by atoms with Crippen LogP contribution in [-0.2, 0) is 20.6 Å². The van der Waals surface area contributed by atoms with Crippen molar-refractivity contribution in [2.75, 3.05) is 0 Å². The lowest BCUT2D eigenvalue weighted by atomic mass is 10.1. The number of imidazole rings is 1. The van der Waals surface area contributed by atoms with Crippen molar-refractivity contribution < 1.29 is 0 Å². The second-order valence-corrected chi connectivity index (χ2v) is 6.11. The number of aryl methyl sites for hydroxylation is 3. The Bertz CT molecular complexity index is 1040. The Labute approximate surface area is 137 Å². The Morgan fingerprint density at radius 3 is 2.52 bits per heavy atom. The van der Waals surface area contributed by atoms with Gasteiger partial charge in [-0.05, 0) is 36.6 Å². The molecule has 1 aromatic carbocycles. The zero-order valence-corrected chi connectivity index (χ0v) is 14.2. The molecular formula is C16H17ClN4O2. The van der Waals surface area contributed by atoms with Crippen LogP contribution >= 0.6 is 11.6 Å². The van der Waals surface area contributed by atoms with E-state index in [-0.39, 0.29) is 5.28 Å². The van der Waals surface area contributed by atoms with Gasteiger partial charge < -0.3 is 4.57 Å². The first-order valence-corrected chi connectivity index (χ1v) is 7.57. The molecule has 23 heavy (non-hydrogen) atoms. The number of nitrogens with zero attached hydrogens (tertiary/aromatic N) is 4. The highest BCUT2D eigenvalue weighted by atomic mass is 35.5. The van der Waals surface area contributed by atoms with Crippen LogP contribution < -0.4 is 11.2 Å². The topological polar surface area (TPSA) is 61.8 Å². The standard InChI is InChI=1S/C16H17ClN4O2/c1-9-5-6-10(2)11(7-9)8-21-12-13(18-15(21)17)19(3)16(23)20(4)14(12)22/h5-7H,8H2,1-4H3. The van der Waals surface area contributed by atoms with Gasteiger partial charge in [-0.2, -0.15) is 4.98 Å². The molecule has 0 amide bonds. The van der Waals surface area contributed by atoms with E-state index in [1.165, 1.54) is 11.6 Å². The van der Waals surface area contributed by atoms with Crippen molar-refractivity contribution in [1.82, 2.24) is 18.7 Å². The van der Waals surface area contributed by atoms with Crippen LogP contribution in [0.4, 0.5) is 0 Å². The number of hydrogen-bond acceptors (Lipinski definition) is 3. The summed E-state index contributed by atoms with van der Waals surface area (Å²) in [7, 11) is 3.03. The van der Waals surface area contributed by atoms with Gasteiger partial charge in [0.25, 0.3) is 5.56 Å². The third-order valence-electron chi connectivity index (χ3n) is 4.13. The van der Waals surface area contributed by atoms with Gasteiger partial charge in [0.2, 0.25) is 5.28 Å². The van der Waals surface area contributed by atoms with Gasteiger partial charge in [-0.15, -0.1) is 0 Å². The first kappa shape index (κ1) is 15.6. The first-order chi connectivity index (χ1) is 10.8. The third kappa shape index (κ3) is 2.39. The lowest BCUT2D eigenvalue weighted by Gasteiger charge is -2.10. The minimum absolute atomic E-state index is 0.194. The monoisotopic (exact) mass is 332 g/mol. The molecule has 2 heterocycles. The van der Waals surface area contributed by atoms with Gasteiger partial charge in [0.05, 0.1) is 6.54 Å². The van der Waals surface area contributed by atoms with Gasteiger partial charge in [-0.1, -0.05) is 23.8 Å². The molecule has 0 N–H and O–H groups in total. The molecule has 0 saturated carbocycles. The Kier molecular flexibility index (Phi) is 3.64. The van der Waals surface area contributed by atoms with Gasteiger partial charge in [-0.3, -0.25) is 13.9 Å². The molecule has 0 aliphatic heterocycles. The van der Waals surface area contributed by atoms with Gasteiger partial charge in [0.15, 0.2) is 11.2 Å². The first-order valence-electron chi connectivity index (χ1n) is 7.19. The average molecular weight is 333 g/mol. The fourth-order valence-electron chi connectivity index (χ4n) is 2.71. The maximum Gasteiger partial charge on any atom is 0.332 e. The third-order valence-corrected chi connectivity index (χ3v) is 4.42. The summed E-state index contributed by atoms with van der Waals surface area (Å²) >= 11 is 6.25. The van der Waals surface area contributed by atoms with Crippen molar-refractivity contribution in [2.24, 2.45) is 14.1 Å². The highest BCUT2D eigenvalue weighted by Crippen LogP contribution is 2.20. The van der Waals surface area contributed by atoms with Crippen LogP contribution in [0, 0.1) is 13.8 Å². The molecule has 0 bridgehead atoms. The molecule has 0 spiro atoms. The summed E-state index contributed by atoms with van der Waals surface area (Å²) in [5.41, 5.74) is 3.11. The van der Waals surface area contributed by atoms with E-state index in [4.69, 9.17) is 11.6 Å². The van der Waals surface area contributed by atoms with Crippen LogP contribution in [0.2, 0.25) is 5.28 Å². The van der Waals surface area contributed by atoms with Crippen molar-refractivity contribution in [3.05, 3.63) is 61.0 Å². The van der Waals surface area contributed by atoms with E-state index in [0.29, 0.717) is 17.7 Å². The number of rotatable bonds is 2. The molecule has 3 aromatic rings. The van der Waals surface area contributed by atoms with Crippen LogP contribution in [-0.4, -0.2) is 18.7 Å². The summed E-state index contributed by atoms with van der Waals surface area (Å²) < 4.78 is 4.06. The minimum Gasteiger partial charge on any atom is -0.304 e. The highest BCUT2D eigenvalue weighted by Gasteiger charge is 2.18. The highest BCUT2D eigenvalue weighted by molar-refractivity contribution is 6.29. The normalized spacial score (nSPS) is 11.3. The summed E-state index contributed by atoms with van der Waals surface area (Å²) in [6, 6.07) is 6.13. The second kappa shape index (κ2) is 5.38. The van der Waals surface area contributed by atoms with Crippen molar-refractivity contribution in [2.45, 2.75) is 20.4 Å². The summed E-state index contributed by atoms with van der Waals surface area (Å²) in [6.07, 6.45) is 0. The number of halogens is 1. The number of hydrogen-bond donors (Lipinski definition) is 0. The fraction of sp³-hybridized carbons (Fsp3) is 0.312. The zero-order chi connectivity index (χ0) is 16.9. The Balaban J connectivity index is 2.31. The largest absolute Gasteiger partial charge is 0.332 e. The van der Waals surface area contributed by atoms with Crippen LogP contribution in [0.25, 0.3) is 11.2 Å². The van der Waals surface area contributed by atoms with E-state index in [0.717, 1.165) is 21.3 Å². The molecule has 0 aliphatic carbocycles. The summed E-state index contributed by atoms with van der Waals surface area (Å²) in [5.74, 6) is 0. The maximum atomic E-state index is 12.5. The van der Waals surface area contributed by atoms with Gasteiger partial charge >= 0.3 is 5.69 Å². The molecule has 3 rings (SSSR count). The smallest absolute Gasteiger partial charge is 0.304 e. The minimum atomic E-state index is -0.421. The van der Waals surface area contributed by atoms with E-state index in [1.807, 2.05) is 26.0 Å². The lowest BCUT2D eigenvalue weighted by molar-refractivity contribution is 0.702. The molecule has 0 unspecified atom stereocenters. The van der Waals surface area contributed by atoms with Crippen molar-refractivity contribution in [3.63, 3.8) is 0 Å². The van der Waals surface area contributed by atoms with Crippen molar-refractivity contribution in [1.29, 1.82) is 0 Å². The Hall–Kier alpha value is -2.34. The van der Waals surface area contributed by atoms with Gasteiger partial charge in [0.1, 0.15) is 0 Å². The maximum absolute atomic E-state index is 12.5. The van der Waals surface area contributed by atoms with Crippen LogP contribution in [0.1, 0.15) is 16.7 Å². The van der Waals surface area contributed by atoms with Crippen molar-refractivity contribution >= 4 is 22.8 Å². The molecule has 2 aromatic heterocycles. The predicted octanol–water partition coefficient (Wildman–Crippen LogP) is 1.75. The molecule has 0 atom stereocenters. The predicted molar refractivity (Wildman–Crippen MR) is 90.2 cm³/mol. The lowest BCUT2D eigenvalue weighted by Crippen LogP contribution is -2.37. The quantitative estimate of drug-likeness (QED) is 0.672. The molecule has 6 nitrogen and oxygen atoms in total. The van der Waals surface area contributed by atoms with Crippen LogP contribution in [0.5, 0.6) is 0 Å². The Morgan fingerprint density at radius 2 is 1.83 bits per heavy atom. The number of benzene rings is 1. The summed E-state index contributed by atoms with van der Waals surface area (Å²) in [4.78, 5) is 28.7. The fourth-order valence-corrected chi connectivity index (χ4v) is 2.93. The molecular weight excluding hydrogens is 316 g/mol. The SMILES string of the molecule is Cc1ccc(C)c(Cn2c(Cl)nc3c2c(=O)n(C)c(=O)n3C)c1. The van der Waals surface area contributed by atoms with Crippen LogP contribution in [0.3, 0.4) is 0 Å². The summed E-state index contributed by atoms with van der Waals surface area (Å²) in [6.45, 7) is 4.45. The van der Waals surface area contributed by atoms with E-state index >= 15 is 0 Å². The number of aromatic nitrogens is 4. The Morgan fingerprint density at radius 1 is 1.13 bits per heavy atom. The van der Waals surface area contributed by atoms with Crippen molar-refractivity contribution in [3.8, 4) is 0 Å². The van der Waals surface area contributed by atoms with E-state index < -0.39 is 11.2 Å². The molecule has 120 valence electrons. The van der Waals surface area contributed by atoms with E-state index in [9.17, 15) is 9.59 Å². The van der Waals surface area contributed by atoms with Crippen LogP contribution in [0.15, 0.2) is 27.8 Å². The molecule has 0 saturated heterocycles.